The number of hydrogen-bond donors (Lipinski definition) is 2. The summed E-state index contributed by atoms with van der Waals surface area (Å²) in [6.45, 7) is 0. The van der Waals surface area contributed by atoms with E-state index in [2.05, 4.69) is 4.99 Å². The molecule has 2 aliphatic rings. The normalized spacial score (nSPS) is 15.7. The molecule has 1 heterocycles. The van der Waals surface area contributed by atoms with E-state index in [1.54, 1.807) is 30.6 Å². The molecule has 2 N–H and O–H groups in total. The van der Waals surface area contributed by atoms with Gasteiger partial charge in [-0.15, -0.1) is 0 Å². The number of carboxylic acid groups (broad SMARTS) is 2. The van der Waals surface area contributed by atoms with Crippen molar-refractivity contribution in [3.8, 4) is 0 Å². The number of carbonyl (C=O) groups is 3. The van der Waals surface area contributed by atoms with Crippen molar-refractivity contribution in [3.63, 3.8) is 0 Å². The summed E-state index contributed by atoms with van der Waals surface area (Å²) in [5.74, 6) is -2.47. The quantitative estimate of drug-likeness (QED) is 0.700. The maximum Gasteiger partial charge on any atom is 0.328 e. The monoisotopic (exact) mass is 247 g/mol. The Balaban J connectivity index is 0.000000187. The molecule has 0 saturated heterocycles. The van der Waals surface area contributed by atoms with Crippen LogP contribution in [0.5, 0.6) is 0 Å². The summed E-state index contributed by atoms with van der Waals surface area (Å²) in [6, 6.07) is 0. The summed E-state index contributed by atoms with van der Waals surface area (Å²) < 4.78 is 0. The van der Waals surface area contributed by atoms with Gasteiger partial charge in [-0.2, -0.15) is 0 Å². The van der Waals surface area contributed by atoms with E-state index in [4.69, 9.17) is 10.2 Å². The van der Waals surface area contributed by atoms with Crippen LogP contribution in [0.4, 0.5) is 0 Å². The van der Waals surface area contributed by atoms with E-state index in [-0.39, 0.29) is 5.78 Å². The van der Waals surface area contributed by atoms with Crippen LogP contribution >= 0.6 is 0 Å². The molecule has 0 spiro atoms. The largest absolute Gasteiger partial charge is 0.478 e. The van der Waals surface area contributed by atoms with E-state index < -0.39 is 11.9 Å². The van der Waals surface area contributed by atoms with Crippen LogP contribution in [-0.4, -0.2) is 34.1 Å². The van der Waals surface area contributed by atoms with Crippen LogP contribution in [0.2, 0.25) is 0 Å². The Morgan fingerprint density at radius 1 is 1.06 bits per heavy atom. The van der Waals surface area contributed by atoms with Crippen molar-refractivity contribution in [2.75, 3.05) is 0 Å². The molecule has 92 valence electrons. The first-order valence-electron chi connectivity index (χ1n) is 4.80. The SMILES string of the molecule is O=C(O)/C=C/C(=O)O.O=C1C=CC2=CN=CC2=C1. The lowest BCUT2D eigenvalue weighted by Crippen LogP contribution is -1.97. The highest BCUT2D eigenvalue weighted by atomic mass is 16.4. The van der Waals surface area contributed by atoms with Crippen LogP contribution in [0.25, 0.3) is 0 Å². The summed E-state index contributed by atoms with van der Waals surface area (Å²) >= 11 is 0. The fourth-order valence-electron chi connectivity index (χ4n) is 1.12. The summed E-state index contributed by atoms with van der Waals surface area (Å²) in [6.07, 6.45) is 9.47. The summed E-state index contributed by atoms with van der Waals surface area (Å²) in [5, 5.41) is 15.6. The molecule has 0 fully saturated rings. The van der Waals surface area contributed by atoms with Crippen LogP contribution in [0, 0.1) is 0 Å². The van der Waals surface area contributed by atoms with Crippen molar-refractivity contribution in [2.45, 2.75) is 0 Å². The van der Waals surface area contributed by atoms with Gasteiger partial charge in [0.15, 0.2) is 5.78 Å². The molecule has 0 amide bonds. The summed E-state index contributed by atoms with van der Waals surface area (Å²) in [5.41, 5.74) is 1.95. The van der Waals surface area contributed by atoms with Gasteiger partial charge in [-0.3, -0.25) is 9.79 Å². The fraction of sp³-hybridized carbons (Fsp3) is 0. The molecule has 0 aromatic rings. The Hall–Kier alpha value is -2.76. The Morgan fingerprint density at radius 2 is 1.67 bits per heavy atom. The van der Waals surface area contributed by atoms with Crippen LogP contribution in [0.3, 0.4) is 0 Å². The Bertz CT molecular complexity index is 519. The zero-order chi connectivity index (χ0) is 13.5. The zero-order valence-corrected chi connectivity index (χ0v) is 9.11. The number of allylic oxidation sites excluding steroid dienone is 5. The van der Waals surface area contributed by atoms with E-state index in [0.29, 0.717) is 12.2 Å². The van der Waals surface area contributed by atoms with E-state index >= 15 is 0 Å². The number of carbonyl (C=O) groups excluding carboxylic acids is 1. The standard InChI is InChI=1S/C8H5NO.C4H4O4/c10-8-2-1-6-4-9-5-7(6)3-8;5-3(6)1-2-4(7)8/h1-5H;1-2H,(H,5,6)(H,7,8)/b;2-1+. The highest BCUT2D eigenvalue weighted by molar-refractivity contribution is 6.08. The predicted molar refractivity (Wildman–Crippen MR) is 63.2 cm³/mol. The van der Waals surface area contributed by atoms with E-state index in [1.807, 2.05) is 0 Å². The number of carboxylic acids is 2. The Morgan fingerprint density at radius 3 is 2.22 bits per heavy atom. The first-order valence-corrected chi connectivity index (χ1v) is 4.80. The molecule has 1 aliphatic carbocycles. The molecule has 0 radical (unpaired) electrons. The average molecular weight is 247 g/mol. The Labute approximate surface area is 102 Å². The van der Waals surface area contributed by atoms with Crippen LogP contribution in [-0.2, 0) is 14.4 Å². The van der Waals surface area contributed by atoms with Crippen LogP contribution in [0.15, 0.2) is 52.7 Å². The minimum atomic E-state index is -1.26. The molecule has 0 saturated carbocycles. The third kappa shape index (κ3) is 4.40. The highest BCUT2D eigenvalue weighted by Gasteiger charge is 2.10. The van der Waals surface area contributed by atoms with Gasteiger partial charge in [0, 0.05) is 35.7 Å². The van der Waals surface area contributed by atoms with E-state index in [0.717, 1.165) is 11.1 Å². The topological polar surface area (TPSA) is 104 Å². The van der Waals surface area contributed by atoms with Gasteiger partial charge in [0.2, 0.25) is 0 Å². The van der Waals surface area contributed by atoms with Crippen molar-refractivity contribution in [3.05, 3.63) is 47.7 Å². The van der Waals surface area contributed by atoms with Crippen molar-refractivity contribution in [1.29, 1.82) is 0 Å². The lowest BCUT2D eigenvalue weighted by molar-refractivity contribution is -0.134. The molecule has 18 heavy (non-hydrogen) atoms. The summed E-state index contributed by atoms with van der Waals surface area (Å²) in [4.78, 5) is 33.8. The van der Waals surface area contributed by atoms with Crippen LogP contribution in [0.1, 0.15) is 0 Å². The van der Waals surface area contributed by atoms with E-state index in [9.17, 15) is 14.4 Å². The molecular weight excluding hydrogens is 238 g/mol. The number of aliphatic carboxylic acids is 2. The molecule has 0 atom stereocenters. The molecule has 6 nitrogen and oxygen atoms in total. The molecular formula is C12H9NO5. The number of hydrogen-bond acceptors (Lipinski definition) is 4. The van der Waals surface area contributed by atoms with E-state index in [1.165, 1.54) is 0 Å². The smallest absolute Gasteiger partial charge is 0.328 e. The third-order valence-electron chi connectivity index (χ3n) is 1.85. The van der Waals surface area contributed by atoms with Crippen molar-refractivity contribution >= 4 is 23.9 Å². The van der Waals surface area contributed by atoms with Crippen molar-refractivity contribution in [1.82, 2.24) is 0 Å². The number of fused-ring (bicyclic) bond motifs is 1. The van der Waals surface area contributed by atoms with Gasteiger partial charge in [-0.05, 0) is 18.2 Å². The van der Waals surface area contributed by atoms with Gasteiger partial charge in [-0.25, -0.2) is 9.59 Å². The maximum absolute atomic E-state index is 10.8. The molecule has 6 heteroatoms. The molecule has 1 aliphatic heterocycles. The molecule has 0 aromatic heterocycles. The molecule has 0 bridgehead atoms. The van der Waals surface area contributed by atoms with Crippen molar-refractivity contribution < 1.29 is 24.6 Å². The summed E-state index contributed by atoms with van der Waals surface area (Å²) in [7, 11) is 0. The first-order chi connectivity index (χ1) is 8.49. The number of rotatable bonds is 2. The van der Waals surface area contributed by atoms with Gasteiger partial charge in [-0.1, -0.05) is 0 Å². The highest BCUT2D eigenvalue weighted by Crippen LogP contribution is 2.18. The second-order valence-corrected chi connectivity index (χ2v) is 3.21. The fourth-order valence-corrected chi connectivity index (χ4v) is 1.12. The third-order valence-corrected chi connectivity index (χ3v) is 1.85. The lowest BCUT2D eigenvalue weighted by atomic mass is 10.0. The van der Waals surface area contributed by atoms with Crippen LogP contribution < -0.4 is 0 Å². The van der Waals surface area contributed by atoms with Gasteiger partial charge < -0.3 is 10.2 Å². The van der Waals surface area contributed by atoms with Gasteiger partial charge in [0.05, 0.1) is 0 Å². The number of ketones is 1. The molecule has 2 rings (SSSR count). The van der Waals surface area contributed by atoms with Gasteiger partial charge in [0.1, 0.15) is 0 Å². The number of nitrogens with zero attached hydrogens (tertiary/aromatic N) is 1. The second kappa shape index (κ2) is 6.09. The molecule has 0 unspecified atom stereocenters. The lowest BCUT2D eigenvalue weighted by Gasteiger charge is -1.99. The minimum absolute atomic E-state index is 0.0421. The van der Waals surface area contributed by atoms with Crippen molar-refractivity contribution in [2.24, 2.45) is 4.99 Å². The minimum Gasteiger partial charge on any atom is -0.478 e. The molecule has 0 aromatic carbocycles. The predicted octanol–water partition coefficient (Wildman–Crippen LogP) is 0.732. The zero-order valence-electron chi connectivity index (χ0n) is 9.11. The Kier molecular flexibility index (Phi) is 4.50. The second-order valence-electron chi connectivity index (χ2n) is 3.21. The van der Waals surface area contributed by atoms with Gasteiger partial charge in [0.25, 0.3) is 0 Å². The first kappa shape index (κ1) is 13.3. The number of aliphatic imine (C=N–C) groups is 1. The van der Waals surface area contributed by atoms with Gasteiger partial charge >= 0.3 is 11.9 Å². The average Bonchev–Trinajstić information content (AvgIpc) is 2.74. The maximum atomic E-state index is 10.8.